The van der Waals surface area contributed by atoms with Gasteiger partial charge in [0, 0.05) is 36.2 Å². The van der Waals surface area contributed by atoms with Gasteiger partial charge in [-0.05, 0) is 60.4 Å². The molecule has 1 fully saturated rings. The number of rotatable bonds is 7. The highest BCUT2D eigenvalue weighted by Crippen LogP contribution is 2.48. The monoisotopic (exact) mass is 484 g/mol. The van der Waals surface area contributed by atoms with Crippen LogP contribution < -0.4 is 9.47 Å². The molecule has 4 aromatic rings. The Bertz CT molecular complexity index is 1410. The molecule has 6 nitrogen and oxygen atoms in total. The standard InChI is InChI=1S/C29H29FN4O2/c1-3-19-16-34(17-19)12-13-35-22-7-4-20(5-8-22)29-28(25-9-6-21(30)14-31-25)18(2)27-23-15-32-33-24(23)10-11-26(27)36-29/h4-11,14-15,19,29H,3,12-13,16-17H2,1-2H3,(H,32,33). The second kappa shape index (κ2) is 9.39. The van der Waals surface area contributed by atoms with E-state index in [1.807, 2.05) is 42.6 Å². The van der Waals surface area contributed by atoms with E-state index >= 15 is 0 Å². The summed E-state index contributed by atoms with van der Waals surface area (Å²) in [6.45, 7) is 8.30. The zero-order valence-electron chi connectivity index (χ0n) is 20.5. The largest absolute Gasteiger partial charge is 0.492 e. The van der Waals surface area contributed by atoms with Gasteiger partial charge in [0.25, 0.3) is 0 Å². The predicted molar refractivity (Wildman–Crippen MR) is 138 cm³/mol. The quantitative estimate of drug-likeness (QED) is 0.355. The van der Waals surface area contributed by atoms with Crippen LogP contribution in [0.5, 0.6) is 11.5 Å². The third-order valence-corrected chi connectivity index (χ3v) is 7.34. The number of aromatic nitrogens is 3. The molecule has 0 radical (unpaired) electrons. The van der Waals surface area contributed by atoms with Crippen LogP contribution in [0.2, 0.25) is 0 Å². The Labute approximate surface area is 209 Å². The van der Waals surface area contributed by atoms with Crippen LogP contribution >= 0.6 is 0 Å². The molecule has 4 heterocycles. The molecule has 1 N–H and O–H groups in total. The first-order valence-electron chi connectivity index (χ1n) is 12.5. The van der Waals surface area contributed by atoms with E-state index in [4.69, 9.17) is 9.47 Å². The molecule has 2 aliphatic heterocycles. The highest BCUT2D eigenvalue weighted by molar-refractivity contribution is 6.03. The highest BCUT2D eigenvalue weighted by Gasteiger charge is 2.31. The van der Waals surface area contributed by atoms with E-state index in [9.17, 15) is 4.39 Å². The van der Waals surface area contributed by atoms with Crippen molar-refractivity contribution in [2.24, 2.45) is 5.92 Å². The first-order valence-corrected chi connectivity index (χ1v) is 12.5. The molecule has 6 rings (SSSR count). The van der Waals surface area contributed by atoms with Crippen molar-refractivity contribution in [3.63, 3.8) is 0 Å². The van der Waals surface area contributed by atoms with Gasteiger partial charge in [-0.15, -0.1) is 0 Å². The molecule has 1 saturated heterocycles. The van der Waals surface area contributed by atoms with E-state index in [1.165, 1.54) is 31.8 Å². The molecule has 2 aliphatic rings. The number of aromatic amines is 1. The number of likely N-dealkylation sites (tertiary alicyclic amines) is 1. The number of nitrogens with zero attached hydrogens (tertiary/aromatic N) is 3. The first-order chi connectivity index (χ1) is 17.6. The van der Waals surface area contributed by atoms with Gasteiger partial charge >= 0.3 is 0 Å². The fourth-order valence-corrected chi connectivity index (χ4v) is 5.25. The Kier molecular flexibility index (Phi) is 5.93. The first kappa shape index (κ1) is 22.7. The third-order valence-electron chi connectivity index (χ3n) is 7.34. The second-order valence-corrected chi connectivity index (χ2v) is 9.62. The van der Waals surface area contributed by atoms with E-state index in [0.29, 0.717) is 12.3 Å². The molecule has 184 valence electrons. The predicted octanol–water partition coefficient (Wildman–Crippen LogP) is 5.88. The van der Waals surface area contributed by atoms with Crippen LogP contribution in [0, 0.1) is 11.7 Å². The summed E-state index contributed by atoms with van der Waals surface area (Å²) in [6.07, 6.45) is 3.92. The molecule has 0 spiro atoms. The molecule has 7 heteroatoms. The van der Waals surface area contributed by atoms with Crippen molar-refractivity contribution in [2.45, 2.75) is 26.4 Å². The van der Waals surface area contributed by atoms with Crippen molar-refractivity contribution in [3.8, 4) is 11.5 Å². The number of nitrogens with one attached hydrogen (secondary N) is 1. The number of fused-ring (bicyclic) bond motifs is 3. The van der Waals surface area contributed by atoms with Crippen molar-refractivity contribution in [1.82, 2.24) is 20.1 Å². The molecule has 0 bridgehead atoms. The Morgan fingerprint density at radius 3 is 2.67 bits per heavy atom. The average molecular weight is 485 g/mol. The number of halogens is 1. The molecule has 1 atom stereocenters. The summed E-state index contributed by atoms with van der Waals surface area (Å²) in [5, 5.41) is 8.22. The second-order valence-electron chi connectivity index (χ2n) is 9.62. The number of allylic oxidation sites excluding steroid dienone is 1. The van der Waals surface area contributed by atoms with Crippen LogP contribution in [-0.4, -0.2) is 46.3 Å². The fraction of sp³-hybridized carbons (Fsp3) is 0.310. The van der Waals surface area contributed by atoms with Crippen LogP contribution in [-0.2, 0) is 0 Å². The van der Waals surface area contributed by atoms with Crippen molar-refractivity contribution in [2.75, 3.05) is 26.2 Å². The molecule has 0 amide bonds. The number of benzene rings is 2. The summed E-state index contributed by atoms with van der Waals surface area (Å²) in [5.41, 5.74) is 5.53. The zero-order chi connectivity index (χ0) is 24.6. The molecule has 0 saturated carbocycles. The third kappa shape index (κ3) is 4.13. The van der Waals surface area contributed by atoms with E-state index in [2.05, 4.69) is 33.9 Å². The Morgan fingerprint density at radius 1 is 1.08 bits per heavy atom. The fourth-order valence-electron chi connectivity index (χ4n) is 5.25. The van der Waals surface area contributed by atoms with Crippen molar-refractivity contribution in [1.29, 1.82) is 0 Å². The maximum atomic E-state index is 13.7. The molecular formula is C29H29FN4O2. The number of hydrogen-bond donors (Lipinski definition) is 1. The maximum absolute atomic E-state index is 13.7. The summed E-state index contributed by atoms with van der Waals surface area (Å²) < 4.78 is 26.3. The van der Waals surface area contributed by atoms with Gasteiger partial charge in [-0.2, -0.15) is 5.10 Å². The molecule has 36 heavy (non-hydrogen) atoms. The van der Waals surface area contributed by atoms with Crippen LogP contribution in [0.25, 0.3) is 22.0 Å². The van der Waals surface area contributed by atoms with E-state index < -0.39 is 0 Å². The van der Waals surface area contributed by atoms with E-state index in [1.54, 1.807) is 6.07 Å². The van der Waals surface area contributed by atoms with E-state index in [-0.39, 0.29) is 11.9 Å². The number of ether oxygens (including phenoxy) is 2. The molecular weight excluding hydrogens is 455 g/mol. The number of hydrogen-bond acceptors (Lipinski definition) is 5. The van der Waals surface area contributed by atoms with Gasteiger partial charge in [0.2, 0.25) is 0 Å². The van der Waals surface area contributed by atoms with Gasteiger partial charge < -0.3 is 9.47 Å². The Balaban J connectivity index is 1.29. The van der Waals surface area contributed by atoms with Crippen LogP contribution in [0.3, 0.4) is 0 Å². The SMILES string of the molecule is CCC1CN(CCOc2ccc(C3Oc4ccc5[nH]ncc5c4C(C)=C3c3ccc(F)cn3)cc2)C1. The molecule has 2 aromatic heterocycles. The summed E-state index contributed by atoms with van der Waals surface area (Å²) in [4.78, 5) is 6.84. The minimum atomic E-state index is -0.388. The smallest absolute Gasteiger partial charge is 0.151 e. The van der Waals surface area contributed by atoms with Crippen molar-refractivity contribution in [3.05, 3.63) is 83.6 Å². The highest BCUT2D eigenvalue weighted by atomic mass is 19.1. The summed E-state index contributed by atoms with van der Waals surface area (Å²) in [6, 6.07) is 15.1. The lowest BCUT2D eigenvalue weighted by molar-refractivity contribution is 0.0806. The topological polar surface area (TPSA) is 63.3 Å². The number of H-pyrrole nitrogens is 1. The van der Waals surface area contributed by atoms with Crippen molar-refractivity contribution >= 4 is 22.0 Å². The van der Waals surface area contributed by atoms with Crippen LogP contribution in [0.4, 0.5) is 4.39 Å². The van der Waals surface area contributed by atoms with Gasteiger partial charge in [0.05, 0.1) is 23.6 Å². The summed E-state index contributed by atoms with van der Waals surface area (Å²) in [5.74, 6) is 2.10. The normalized spacial score (nSPS) is 18.1. The van der Waals surface area contributed by atoms with Gasteiger partial charge in [0.15, 0.2) is 6.10 Å². The van der Waals surface area contributed by atoms with Gasteiger partial charge in [-0.1, -0.05) is 25.5 Å². The molecule has 1 unspecified atom stereocenters. The Hall–Kier alpha value is -3.71. The van der Waals surface area contributed by atoms with Crippen LogP contribution in [0.1, 0.15) is 43.2 Å². The molecule has 2 aromatic carbocycles. The summed E-state index contributed by atoms with van der Waals surface area (Å²) >= 11 is 0. The lowest BCUT2D eigenvalue weighted by Gasteiger charge is -2.38. The van der Waals surface area contributed by atoms with Crippen molar-refractivity contribution < 1.29 is 13.9 Å². The zero-order valence-corrected chi connectivity index (χ0v) is 20.5. The molecule has 0 aliphatic carbocycles. The average Bonchev–Trinajstić information content (AvgIpc) is 3.35. The minimum Gasteiger partial charge on any atom is -0.492 e. The number of pyridine rings is 1. The van der Waals surface area contributed by atoms with Gasteiger partial charge in [0.1, 0.15) is 23.9 Å². The van der Waals surface area contributed by atoms with Crippen LogP contribution in [0.15, 0.2) is 60.9 Å². The lowest BCUT2D eigenvalue weighted by Crippen LogP contribution is -2.47. The minimum absolute atomic E-state index is 0.368. The maximum Gasteiger partial charge on any atom is 0.151 e. The lowest BCUT2D eigenvalue weighted by atomic mass is 9.87. The Morgan fingerprint density at radius 2 is 1.92 bits per heavy atom. The van der Waals surface area contributed by atoms with Gasteiger partial charge in [-0.25, -0.2) is 4.39 Å². The van der Waals surface area contributed by atoms with Gasteiger partial charge in [-0.3, -0.25) is 15.0 Å². The van der Waals surface area contributed by atoms with E-state index in [0.717, 1.165) is 57.1 Å². The summed E-state index contributed by atoms with van der Waals surface area (Å²) in [7, 11) is 0.